The monoisotopic (exact) mass is 351 g/mol. The van der Waals surface area contributed by atoms with Gasteiger partial charge in [-0.3, -0.25) is 9.59 Å². The Balaban J connectivity index is 2.11. The minimum atomic E-state index is -0.487. The van der Waals surface area contributed by atoms with Gasteiger partial charge in [0, 0.05) is 13.1 Å². The molecule has 0 N–H and O–H groups in total. The van der Waals surface area contributed by atoms with E-state index >= 15 is 0 Å². The van der Waals surface area contributed by atoms with Gasteiger partial charge in [0.25, 0.3) is 5.43 Å². The van der Waals surface area contributed by atoms with E-state index in [0.29, 0.717) is 28.4 Å². The minimum Gasteiger partial charge on any atom is -0.497 e. The van der Waals surface area contributed by atoms with Crippen LogP contribution in [0.3, 0.4) is 0 Å². The van der Waals surface area contributed by atoms with Gasteiger partial charge in [0.1, 0.15) is 17.2 Å². The largest absolute Gasteiger partial charge is 0.497 e. The molecule has 0 aliphatic heterocycles. The molecule has 3 aromatic carbocycles. The highest BCUT2D eigenvalue weighted by Crippen LogP contribution is 2.38. The first-order chi connectivity index (χ1) is 12.4. The van der Waals surface area contributed by atoms with Crippen molar-refractivity contribution >= 4 is 11.4 Å². The predicted octanol–water partition coefficient (Wildman–Crippen LogP) is 3.35. The van der Waals surface area contributed by atoms with Gasteiger partial charge in [-0.25, -0.2) is 0 Å². The fourth-order valence-electron chi connectivity index (χ4n) is 3.05. The molecule has 3 aromatic rings. The van der Waals surface area contributed by atoms with Crippen molar-refractivity contribution in [3.05, 3.63) is 68.0 Å². The van der Waals surface area contributed by atoms with Crippen molar-refractivity contribution in [1.82, 2.24) is 0 Å². The van der Waals surface area contributed by atoms with Gasteiger partial charge < -0.3 is 14.4 Å². The molecule has 0 saturated carbocycles. The van der Waals surface area contributed by atoms with Crippen LogP contribution in [0.1, 0.15) is 11.1 Å². The summed E-state index contributed by atoms with van der Waals surface area (Å²) in [6.45, 7) is 4.00. The molecule has 0 unspecified atom stereocenters. The number of aryl methyl sites for hydroxylation is 2. The molecule has 3 rings (SSSR count). The first-order valence-corrected chi connectivity index (χ1v) is 8.25. The summed E-state index contributed by atoms with van der Waals surface area (Å²) in [5.41, 5.74) is 3.53. The molecule has 0 aromatic heterocycles. The van der Waals surface area contributed by atoms with Gasteiger partial charge in [0.2, 0.25) is 5.43 Å². The molecule has 0 radical (unpaired) electrons. The van der Waals surface area contributed by atoms with Gasteiger partial charge in [0.05, 0.1) is 25.5 Å². The number of methoxy groups -OCH3 is 2. The zero-order valence-electron chi connectivity index (χ0n) is 15.5. The quantitative estimate of drug-likeness (QED) is 0.660. The summed E-state index contributed by atoms with van der Waals surface area (Å²) in [6, 6.07) is 11.1. The van der Waals surface area contributed by atoms with Gasteiger partial charge in [-0.2, -0.15) is 0 Å². The molecular formula is C21H21NO4. The lowest BCUT2D eigenvalue weighted by atomic mass is 9.94. The second-order valence-electron chi connectivity index (χ2n) is 6.28. The highest BCUT2D eigenvalue weighted by molar-refractivity contribution is 5.87. The maximum absolute atomic E-state index is 12.3. The average Bonchev–Trinajstić information content (AvgIpc) is 2.66. The number of anilines is 2. The van der Waals surface area contributed by atoms with Crippen LogP contribution < -0.4 is 25.2 Å². The summed E-state index contributed by atoms with van der Waals surface area (Å²) in [5, 5.41) is 0. The third-order valence-corrected chi connectivity index (χ3v) is 4.76. The molecule has 0 spiro atoms. The van der Waals surface area contributed by atoms with Crippen LogP contribution in [0, 0.1) is 13.8 Å². The summed E-state index contributed by atoms with van der Waals surface area (Å²) >= 11 is 0. The molecule has 0 aliphatic rings. The van der Waals surface area contributed by atoms with E-state index in [0.717, 1.165) is 16.7 Å². The molecular weight excluding hydrogens is 330 g/mol. The Labute approximate surface area is 152 Å². The van der Waals surface area contributed by atoms with E-state index in [9.17, 15) is 9.59 Å². The Morgan fingerprint density at radius 2 is 1.58 bits per heavy atom. The van der Waals surface area contributed by atoms with Crippen molar-refractivity contribution in [1.29, 1.82) is 0 Å². The Morgan fingerprint density at radius 1 is 0.846 bits per heavy atom. The van der Waals surface area contributed by atoms with Crippen molar-refractivity contribution in [3.8, 4) is 22.6 Å². The lowest BCUT2D eigenvalue weighted by Crippen LogP contribution is -2.39. The molecule has 26 heavy (non-hydrogen) atoms. The molecule has 134 valence electrons. The molecule has 5 nitrogen and oxygen atoms in total. The number of ether oxygens (including phenoxy) is 2. The van der Waals surface area contributed by atoms with Gasteiger partial charge >= 0.3 is 0 Å². The van der Waals surface area contributed by atoms with Crippen LogP contribution in [-0.4, -0.2) is 21.3 Å². The topological polar surface area (TPSA) is 55.8 Å². The number of hydrogen-bond donors (Lipinski definition) is 0. The third kappa shape index (κ3) is 2.75. The van der Waals surface area contributed by atoms with Crippen LogP contribution in [0.2, 0.25) is 0 Å². The number of hydrogen-bond acceptors (Lipinski definition) is 5. The van der Waals surface area contributed by atoms with Crippen LogP contribution in [-0.2, 0) is 0 Å². The molecule has 0 bridgehead atoms. The van der Waals surface area contributed by atoms with Crippen molar-refractivity contribution < 1.29 is 9.47 Å². The Morgan fingerprint density at radius 3 is 2.19 bits per heavy atom. The smallest absolute Gasteiger partial charge is 0.250 e. The zero-order chi connectivity index (χ0) is 19.0. The van der Waals surface area contributed by atoms with Gasteiger partial charge in [-0.15, -0.1) is 0 Å². The molecule has 0 amide bonds. The Hall–Kier alpha value is -3.08. The molecule has 0 fully saturated rings. The van der Waals surface area contributed by atoms with Crippen LogP contribution in [0.25, 0.3) is 11.1 Å². The second kappa shape index (κ2) is 6.67. The van der Waals surface area contributed by atoms with Crippen molar-refractivity contribution in [2.24, 2.45) is 0 Å². The highest BCUT2D eigenvalue weighted by Gasteiger charge is 2.27. The number of nitrogens with zero attached hydrogens (tertiary/aromatic N) is 1. The lowest BCUT2D eigenvalue weighted by Gasteiger charge is -2.25. The average molecular weight is 351 g/mol. The van der Waals surface area contributed by atoms with Gasteiger partial charge in [0.15, 0.2) is 0 Å². The number of rotatable bonds is 5. The first kappa shape index (κ1) is 17.7. The molecule has 5 heteroatoms. The molecule has 0 atom stereocenters. The minimum absolute atomic E-state index is 0.377. The molecule has 0 saturated heterocycles. The van der Waals surface area contributed by atoms with Crippen LogP contribution in [0.4, 0.5) is 11.4 Å². The van der Waals surface area contributed by atoms with Crippen molar-refractivity contribution in [2.75, 3.05) is 26.2 Å². The molecule has 0 aliphatic carbocycles. The SMILES string of the molecule is COc1ccc(N(C)c2c(-c3ccc(C)c(C)c3)c(=O)c2=O)c(OC)c1. The van der Waals surface area contributed by atoms with E-state index < -0.39 is 10.9 Å². The normalized spacial score (nSPS) is 10.8. The van der Waals surface area contributed by atoms with Gasteiger partial charge in [-0.05, 0) is 42.7 Å². The van der Waals surface area contributed by atoms with E-state index in [-0.39, 0.29) is 0 Å². The van der Waals surface area contributed by atoms with Crippen molar-refractivity contribution in [3.63, 3.8) is 0 Å². The fraction of sp³-hybridized carbons (Fsp3) is 0.238. The maximum atomic E-state index is 12.3. The molecule has 0 heterocycles. The maximum Gasteiger partial charge on any atom is 0.250 e. The standard InChI is InChI=1S/C21H21NO4/c1-12-6-7-14(10-13(12)2)18-19(21(24)20(18)23)22(3)16-9-8-15(25-4)11-17(16)26-5/h6-11H,1-5H3. The van der Waals surface area contributed by atoms with E-state index in [1.54, 1.807) is 44.4 Å². The number of benzene rings is 2. The predicted molar refractivity (Wildman–Crippen MR) is 104 cm³/mol. The van der Waals surface area contributed by atoms with Crippen LogP contribution in [0.15, 0.2) is 46.0 Å². The summed E-state index contributed by atoms with van der Waals surface area (Å²) < 4.78 is 10.6. The summed E-state index contributed by atoms with van der Waals surface area (Å²) in [4.78, 5) is 26.3. The van der Waals surface area contributed by atoms with E-state index in [2.05, 4.69) is 0 Å². The van der Waals surface area contributed by atoms with Crippen LogP contribution >= 0.6 is 0 Å². The zero-order valence-corrected chi connectivity index (χ0v) is 15.5. The summed E-state index contributed by atoms with van der Waals surface area (Å²) in [5.74, 6) is 1.21. The third-order valence-electron chi connectivity index (χ3n) is 4.76. The van der Waals surface area contributed by atoms with Crippen molar-refractivity contribution in [2.45, 2.75) is 13.8 Å². The highest BCUT2D eigenvalue weighted by atomic mass is 16.5. The first-order valence-electron chi connectivity index (χ1n) is 8.25. The second-order valence-corrected chi connectivity index (χ2v) is 6.28. The summed E-state index contributed by atoms with van der Waals surface area (Å²) in [6.07, 6.45) is 0. The summed E-state index contributed by atoms with van der Waals surface area (Å²) in [7, 11) is 4.89. The fourth-order valence-corrected chi connectivity index (χ4v) is 3.05. The van der Waals surface area contributed by atoms with E-state index in [1.165, 1.54) is 0 Å². The van der Waals surface area contributed by atoms with E-state index in [1.807, 2.05) is 32.0 Å². The Kier molecular flexibility index (Phi) is 4.55. The lowest BCUT2D eigenvalue weighted by molar-refractivity contribution is 0.395. The van der Waals surface area contributed by atoms with Gasteiger partial charge in [-0.1, -0.05) is 18.2 Å². The Bertz CT molecular complexity index is 1040. The van der Waals surface area contributed by atoms with Crippen LogP contribution in [0.5, 0.6) is 11.5 Å². The van der Waals surface area contributed by atoms with E-state index in [4.69, 9.17) is 9.47 Å².